The highest BCUT2D eigenvalue weighted by molar-refractivity contribution is 5.20. The van der Waals surface area contributed by atoms with E-state index in [0.717, 1.165) is 25.8 Å². The number of hydrogen-bond donors (Lipinski definition) is 1. The summed E-state index contributed by atoms with van der Waals surface area (Å²) in [7, 11) is 0. The van der Waals surface area contributed by atoms with Crippen LogP contribution in [0.2, 0.25) is 0 Å². The number of ether oxygens (including phenoxy) is 1. The third-order valence-electron chi connectivity index (χ3n) is 3.22. The van der Waals surface area contributed by atoms with Crippen molar-refractivity contribution in [3.05, 3.63) is 35.6 Å². The molecule has 0 bridgehead atoms. The van der Waals surface area contributed by atoms with Crippen LogP contribution in [0.1, 0.15) is 37.9 Å². The van der Waals surface area contributed by atoms with Crippen LogP contribution in [0.15, 0.2) is 24.3 Å². The number of benzene rings is 1. The Kier molecular flexibility index (Phi) is 4.51. The first-order valence-electron chi connectivity index (χ1n) is 6.40. The number of rotatable bonds is 4. The van der Waals surface area contributed by atoms with Gasteiger partial charge in [-0.25, -0.2) is 4.39 Å². The molecule has 0 saturated carbocycles. The maximum atomic E-state index is 13.7. The minimum atomic E-state index is -0.159. The molecule has 1 N–H and O–H groups in total. The van der Waals surface area contributed by atoms with E-state index < -0.39 is 0 Å². The van der Waals surface area contributed by atoms with Gasteiger partial charge in [0.2, 0.25) is 0 Å². The normalized spacial score (nSPS) is 24.8. The topological polar surface area (TPSA) is 21.3 Å². The van der Waals surface area contributed by atoms with E-state index in [9.17, 15) is 4.39 Å². The largest absolute Gasteiger partial charge is 0.373 e. The zero-order valence-electron chi connectivity index (χ0n) is 10.3. The standard InChI is InChI=1S/C14H20FNO/c1-2-8-16-11-7-9-17-14(10-11)12-5-3-4-6-13(12)15/h3-6,11,14,16H,2,7-10H2,1H3. The summed E-state index contributed by atoms with van der Waals surface area (Å²) in [5.41, 5.74) is 0.690. The molecule has 2 rings (SSSR count). The summed E-state index contributed by atoms with van der Waals surface area (Å²) in [6.45, 7) is 3.88. The first kappa shape index (κ1) is 12.5. The van der Waals surface area contributed by atoms with E-state index >= 15 is 0 Å². The average Bonchev–Trinajstić information content (AvgIpc) is 2.37. The van der Waals surface area contributed by atoms with Crippen LogP contribution in [-0.2, 0) is 4.74 Å². The predicted molar refractivity (Wildman–Crippen MR) is 66.4 cm³/mol. The molecule has 2 atom stereocenters. The van der Waals surface area contributed by atoms with Gasteiger partial charge in [-0.3, -0.25) is 0 Å². The van der Waals surface area contributed by atoms with E-state index in [1.807, 2.05) is 12.1 Å². The third kappa shape index (κ3) is 3.27. The molecule has 1 fully saturated rings. The summed E-state index contributed by atoms with van der Waals surface area (Å²) in [6.07, 6.45) is 2.91. The molecule has 0 amide bonds. The molecule has 0 aromatic heterocycles. The van der Waals surface area contributed by atoms with Crippen molar-refractivity contribution >= 4 is 0 Å². The fourth-order valence-corrected chi connectivity index (χ4v) is 2.28. The molecule has 94 valence electrons. The molecule has 1 aromatic carbocycles. The number of hydrogen-bond acceptors (Lipinski definition) is 2. The molecular weight excluding hydrogens is 217 g/mol. The molecule has 0 radical (unpaired) electrons. The quantitative estimate of drug-likeness (QED) is 0.869. The Balaban J connectivity index is 1.99. The predicted octanol–water partition coefficient (Wildman–Crippen LogP) is 3.05. The van der Waals surface area contributed by atoms with Crippen molar-refractivity contribution in [1.82, 2.24) is 5.32 Å². The summed E-state index contributed by atoms with van der Waals surface area (Å²) in [5.74, 6) is -0.159. The Morgan fingerprint density at radius 3 is 3.00 bits per heavy atom. The number of halogens is 1. The van der Waals surface area contributed by atoms with Crippen LogP contribution in [0.4, 0.5) is 4.39 Å². The maximum Gasteiger partial charge on any atom is 0.129 e. The van der Waals surface area contributed by atoms with Crippen molar-refractivity contribution in [1.29, 1.82) is 0 Å². The second-order valence-electron chi connectivity index (χ2n) is 4.56. The molecule has 1 aromatic rings. The van der Waals surface area contributed by atoms with Crippen LogP contribution < -0.4 is 5.32 Å². The van der Waals surface area contributed by atoms with E-state index in [4.69, 9.17) is 4.74 Å². The Morgan fingerprint density at radius 1 is 1.41 bits per heavy atom. The fourth-order valence-electron chi connectivity index (χ4n) is 2.28. The van der Waals surface area contributed by atoms with Gasteiger partial charge in [-0.15, -0.1) is 0 Å². The van der Waals surface area contributed by atoms with Gasteiger partial charge in [0, 0.05) is 18.2 Å². The second-order valence-corrected chi connectivity index (χ2v) is 4.56. The molecule has 17 heavy (non-hydrogen) atoms. The van der Waals surface area contributed by atoms with Crippen molar-refractivity contribution in [3.8, 4) is 0 Å². The van der Waals surface area contributed by atoms with Gasteiger partial charge < -0.3 is 10.1 Å². The van der Waals surface area contributed by atoms with Gasteiger partial charge in [-0.1, -0.05) is 25.1 Å². The van der Waals surface area contributed by atoms with Gasteiger partial charge in [0.15, 0.2) is 0 Å². The molecule has 1 saturated heterocycles. The molecule has 1 aliphatic rings. The van der Waals surface area contributed by atoms with Crippen LogP contribution in [0, 0.1) is 5.82 Å². The average molecular weight is 237 g/mol. The van der Waals surface area contributed by atoms with Crippen molar-refractivity contribution in [2.45, 2.75) is 38.3 Å². The lowest BCUT2D eigenvalue weighted by Gasteiger charge is -2.30. The highest BCUT2D eigenvalue weighted by Crippen LogP contribution is 2.29. The van der Waals surface area contributed by atoms with Gasteiger partial charge in [0.25, 0.3) is 0 Å². The van der Waals surface area contributed by atoms with Crippen molar-refractivity contribution in [2.75, 3.05) is 13.2 Å². The van der Waals surface area contributed by atoms with Gasteiger partial charge in [0.05, 0.1) is 6.10 Å². The molecule has 0 spiro atoms. The molecular formula is C14H20FNO. The summed E-state index contributed by atoms with van der Waals surface area (Å²) in [4.78, 5) is 0. The summed E-state index contributed by atoms with van der Waals surface area (Å²) >= 11 is 0. The zero-order chi connectivity index (χ0) is 12.1. The van der Waals surface area contributed by atoms with Crippen molar-refractivity contribution in [2.24, 2.45) is 0 Å². The monoisotopic (exact) mass is 237 g/mol. The Bertz CT molecular complexity index is 356. The first-order chi connectivity index (χ1) is 8.31. The van der Waals surface area contributed by atoms with Crippen molar-refractivity contribution < 1.29 is 9.13 Å². The molecule has 2 unspecified atom stereocenters. The molecule has 1 heterocycles. The summed E-state index contributed by atoms with van der Waals surface area (Å²) in [6, 6.07) is 7.36. The Hall–Kier alpha value is -0.930. The molecule has 3 heteroatoms. The fraction of sp³-hybridized carbons (Fsp3) is 0.571. The molecule has 0 aliphatic carbocycles. The van der Waals surface area contributed by atoms with Crippen LogP contribution in [-0.4, -0.2) is 19.2 Å². The second kappa shape index (κ2) is 6.12. The van der Waals surface area contributed by atoms with E-state index in [1.54, 1.807) is 6.07 Å². The lowest BCUT2D eigenvalue weighted by molar-refractivity contribution is -0.00157. The highest BCUT2D eigenvalue weighted by Gasteiger charge is 2.25. The first-order valence-corrected chi connectivity index (χ1v) is 6.40. The van der Waals surface area contributed by atoms with Crippen molar-refractivity contribution in [3.63, 3.8) is 0 Å². The SMILES string of the molecule is CCCNC1CCOC(c2ccccc2F)C1. The van der Waals surface area contributed by atoms with Crippen LogP contribution in [0.5, 0.6) is 0 Å². The smallest absolute Gasteiger partial charge is 0.129 e. The third-order valence-corrected chi connectivity index (χ3v) is 3.22. The summed E-state index contributed by atoms with van der Waals surface area (Å²) in [5, 5.41) is 3.49. The van der Waals surface area contributed by atoms with Gasteiger partial charge >= 0.3 is 0 Å². The van der Waals surface area contributed by atoms with E-state index in [2.05, 4.69) is 12.2 Å². The minimum Gasteiger partial charge on any atom is -0.373 e. The van der Waals surface area contributed by atoms with Gasteiger partial charge in [-0.05, 0) is 31.9 Å². The summed E-state index contributed by atoms with van der Waals surface area (Å²) < 4.78 is 19.3. The van der Waals surface area contributed by atoms with Crippen LogP contribution >= 0.6 is 0 Å². The van der Waals surface area contributed by atoms with Gasteiger partial charge in [0.1, 0.15) is 5.82 Å². The molecule has 1 aliphatic heterocycles. The van der Waals surface area contributed by atoms with E-state index in [0.29, 0.717) is 18.2 Å². The zero-order valence-corrected chi connectivity index (χ0v) is 10.3. The van der Waals surface area contributed by atoms with Crippen LogP contribution in [0.3, 0.4) is 0 Å². The Labute approximate surface area is 102 Å². The van der Waals surface area contributed by atoms with Crippen LogP contribution in [0.25, 0.3) is 0 Å². The number of nitrogens with one attached hydrogen (secondary N) is 1. The highest BCUT2D eigenvalue weighted by atomic mass is 19.1. The minimum absolute atomic E-state index is 0.0979. The Morgan fingerprint density at radius 2 is 2.24 bits per heavy atom. The maximum absolute atomic E-state index is 13.7. The molecule has 2 nitrogen and oxygen atoms in total. The van der Waals surface area contributed by atoms with E-state index in [1.165, 1.54) is 6.07 Å². The van der Waals surface area contributed by atoms with Gasteiger partial charge in [-0.2, -0.15) is 0 Å². The lowest BCUT2D eigenvalue weighted by Crippen LogP contribution is -2.36. The lowest BCUT2D eigenvalue weighted by atomic mass is 9.97. The van der Waals surface area contributed by atoms with E-state index in [-0.39, 0.29) is 11.9 Å².